The fourth-order valence-corrected chi connectivity index (χ4v) is 5.51. The first-order chi connectivity index (χ1) is 12.6. The maximum atomic E-state index is 13.1. The number of carbonyl (C=O) groups excluding carboxylic acids is 1. The van der Waals surface area contributed by atoms with E-state index in [0.29, 0.717) is 30.0 Å². The van der Waals surface area contributed by atoms with Gasteiger partial charge in [0.15, 0.2) is 9.84 Å². The smallest absolute Gasteiger partial charge is 0.230 e. The molecule has 1 saturated heterocycles. The predicted molar refractivity (Wildman–Crippen MR) is 101 cm³/mol. The van der Waals surface area contributed by atoms with Crippen LogP contribution in [-0.2, 0) is 14.6 Å². The zero-order valence-electron chi connectivity index (χ0n) is 14.5. The standard InChI is InChI=1S/C20H22N2O3S/c23-20(18-10-15-26(24,25)19-9-5-4-8-17(18)19)22-13-11-21(12-14-22)16-6-2-1-3-7-16/h1-9,18H,10-15H2. The Hall–Kier alpha value is -2.34. The fraction of sp³-hybridized carbons (Fsp3) is 0.350. The van der Waals surface area contributed by atoms with Crippen molar-refractivity contribution in [2.45, 2.75) is 17.2 Å². The molecule has 1 unspecified atom stereocenters. The van der Waals surface area contributed by atoms with Crippen molar-refractivity contribution in [2.24, 2.45) is 0 Å². The molecule has 2 aromatic rings. The highest BCUT2D eigenvalue weighted by molar-refractivity contribution is 7.91. The van der Waals surface area contributed by atoms with Gasteiger partial charge < -0.3 is 9.80 Å². The van der Waals surface area contributed by atoms with E-state index in [2.05, 4.69) is 17.0 Å². The largest absolute Gasteiger partial charge is 0.368 e. The van der Waals surface area contributed by atoms with Crippen LogP contribution in [0.3, 0.4) is 0 Å². The minimum Gasteiger partial charge on any atom is -0.368 e. The molecule has 0 spiro atoms. The molecule has 0 saturated carbocycles. The summed E-state index contributed by atoms with van der Waals surface area (Å²) in [6, 6.07) is 17.2. The van der Waals surface area contributed by atoms with Gasteiger partial charge in [-0.05, 0) is 30.2 Å². The number of hydrogen-bond acceptors (Lipinski definition) is 4. The second-order valence-electron chi connectivity index (χ2n) is 6.85. The van der Waals surface area contributed by atoms with Gasteiger partial charge >= 0.3 is 0 Å². The molecule has 0 aromatic heterocycles. The average Bonchev–Trinajstić information content (AvgIpc) is 2.69. The van der Waals surface area contributed by atoms with E-state index in [9.17, 15) is 13.2 Å². The number of anilines is 1. The Bertz CT molecular complexity index is 904. The first-order valence-electron chi connectivity index (χ1n) is 8.97. The van der Waals surface area contributed by atoms with Crippen LogP contribution in [0, 0.1) is 0 Å². The Balaban J connectivity index is 1.49. The molecular weight excluding hydrogens is 348 g/mol. The number of amides is 1. The van der Waals surface area contributed by atoms with Gasteiger partial charge in [-0.1, -0.05) is 36.4 Å². The summed E-state index contributed by atoms with van der Waals surface area (Å²) in [5.74, 6) is -0.247. The van der Waals surface area contributed by atoms with E-state index in [1.807, 2.05) is 29.2 Å². The summed E-state index contributed by atoms with van der Waals surface area (Å²) >= 11 is 0. The number of sulfone groups is 1. The van der Waals surface area contributed by atoms with E-state index in [4.69, 9.17) is 0 Å². The van der Waals surface area contributed by atoms with Crippen molar-refractivity contribution in [2.75, 3.05) is 36.8 Å². The molecule has 0 radical (unpaired) electrons. The highest BCUT2D eigenvalue weighted by Gasteiger charge is 2.36. The van der Waals surface area contributed by atoms with Crippen LogP contribution in [0.2, 0.25) is 0 Å². The summed E-state index contributed by atoms with van der Waals surface area (Å²) in [7, 11) is -3.26. The second-order valence-corrected chi connectivity index (χ2v) is 8.92. The number of piperazine rings is 1. The number of para-hydroxylation sites is 1. The van der Waals surface area contributed by atoms with Gasteiger partial charge in [-0.3, -0.25) is 4.79 Å². The third kappa shape index (κ3) is 3.09. The van der Waals surface area contributed by atoms with Crippen molar-refractivity contribution in [3.05, 3.63) is 60.2 Å². The Morgan fingerprint density at radius 1 is 0.885 bits per heavy atom. The summed E-state index contributed by atoms with van der Waals surface area (Å²) in [6.07, 6.45) is 0.372. The van der Waals surface area contributed by atoms with Crippen LogP contribution in [0.4, 0.5) is 5.69 Å². The van der Waals surface area contributed by atoms with Crippen molar-refractivity contribution >= 4 is 21.4 Å². The lowest BCUT2D eigenvalue weighted by Crippen LogP contribution is -2.50. The summed E-state index contributed by atoms with van der Waals surface area (Å²) in [6.45, 7) is 2.92. The maximum Gasteiger partial charge on any atom is 0.230 e. The molecule has 6 heteroatoms. The molecular formula is C20H22N2O3S. The topological polar surface area (TPSA) is 57.7 Å². The minimum absolute atomic E-state index is 0.0460. The highest BCUT2D eigenvalue weighted by atomic mass is 32.2. The van der Waals surface area contributed by atoms with Crippen LogP contribution in [-0.4, -0.2) is 51.2 Å². The van der Waals surface area contributed by atoms with Gasteiger partial charge in [0.1, 0.15) is 0 Å². The van der Waals surface area contributed by atoms with Crippen molar-refractivity contribution in [3.8, 4) is 0 Å². The van der Waals surface area contributed by atoms with Crippen LogP contribution in [0.5, 0.6) is 0 Å². The number of carbonyl (C=O) groups is 1. The van der Waals surface area contributed by atoms with Crippen LogP contribution in [0.25, 0.3) is 0 Å². The van der Waals surface area contributed by atoms with Gasteiger partial charge in [0.05, 0.1) is 16.6 Å². The molecule has 0 bridgehead atoms. The lowest BCUT2D eigenvalue weighted by Gasteiger charge is -2.38. The van der Waals surface area contributed by atoms with Crippen molar-refractivity contribution in [1.82, 2.24) is 4.90 Å². The fourth-order valence-electron chi connectivity index (χ4n) is 3.89. The van der Waals surface area contributed by atoms with Gasteiger partial charge in [0, 0.05) is 31.9 Å². The molecule has 5 nitrogen and oxygen atoms in total. The molecule has 2 aliphatic rings. The van der Waals surface area contributed by atoms with Crippen LogP contribution < -0.4 is 4.90 Å². The van der Waals surface area contributed by atoms with Crippen LogP contribution in [0.1, 0.15) is 17.9 Å². The van der Waals surface area contributed by atoms with Crippen molar-refractivity contribution in [1.29, 1.82) is 0 Å². The summed E-state index contributed by atoms with van der Waals surface area (Å²) in [5.41, 5.74) is 1.84. The molecule has 0 aliphatic carbocycles. The molecule has 1 atom stereocenters. The molecule has 26 heavy (non-hydrogen) atoms. The van der Waals surface area contributed by atoms with E-state index in [-0.39, 0.29) is 17.6 Å². The van der Waals surface area contributed by atoms with E-state index in [1.54, 1.807) is 18.2 Å². The van der Waals surface area contributed by atoms with E-state index < -0.39 is 9.84 Å². The number of hydrogen-bond donors (Lipinski definition) is 0. The lowest BCUT2D eigenvalue weighted by molar-refractivity contribution is -0.133. The van der Waals surface area contributed by atoms with Gasteiger partial charge in [-0.2, -0.15) is 0 Å². The van der Waals surface area contributed by atoms with Crippen molar-refractivity contribution in [3.63, 3.8) is 0 Å². The van der Waals surface area contributed by atoms with Crippen LogP contribution >= 0.6 is 0 Å². The minimum atomic E-state index is -3.26. The van der Waals surface area contributed by atoms with Gasteiger partial charge in [-0.25, -0.2) is 8.42 Å². The molecule has 4 rings (SSSR count). The Morgan fingerprint density at radius 3 is 2.27 bits per heavy atom. The molecule has 1 fully saturated rings. The van der Waals surface area contributed by atoms with E-state index in [0.717, 1.165) is 13.1 Å². The maximum absolute atomic E-state index is 13.1. The lowest BCUT2D eigenvalue weighted by atomic mass is 9.94. The first-order valence-corrected chi connectivity index (χ1v) is 10.6. The molecule has 2 aliphatic heterocycles. The molecule has 136 valence electrons. The monoisotopic (exact) mass is 370 g/mol. The third-order valence-corrected chi connectivity index (χ3v) is 7.13. The molecule has 1 amide bonds. The van der Waals surface area contributed by atoms with E-state index >= 15 is 0 Å². The summed E-state index contributed by atoms with van der Waals surface area (Å²) in [5, 5.41) is 0. The van der Waals surface area contributed by atoms with Gasteiger partial charge in [0.25, 0.3) is 0 Å². The van der Waals surface area contributed by atoms with E-state index in [1.165, 1.54) is 5.69 Å². The normalized spacial score (nSPS) is 21.9. The molecule has 0 N–H and O–H groups in total. The summed E-state index contributed by atoms with van der Waals surface area (Å²) in [4.78, 5) is 17.6. The average molecular weight is 370 g/mol. The summed E-state index contributed by atoms with van der Waals surface area (Å²) < 4.78 is 24.6. The molecule has 2 aromatic carbocycles. The SMILES string of the molecule is O=C(C1CCS(=O)(=O)c2ccccc21)N1CCN(c2ccccc2)CC1. The second kappa shape index (κ2) is 6.76. The number of nitrogens with zero attached hydrogens (tertiary/aromatic N) is 2. The quantitative estimate of drug-likeness (QED) is 0.814. The predicted octanol–water partition coefficient (Wildman–Crippen LogP) is 2.30. The number of rotatable bonds is 2. The molecule has 2 heterocycles. The van der Waals surface area contributed by atoms with Crippen molar-refractivity contribution < 1.29 is 13.2 Å². The number of fused-ring (bicyclic) bond motifs is 1. The van der Waals surface area contributed by atoms with Gasteiger partial charge in [0.2, 0.25) is 5.91 Å². The zero-order valence-corrected chi connectivity index (χ0v) is 15.4. The zero-order chi connectivity index (χ0) is 18.1. The Morgan fingerprint density at radius 2 is 1.54 bits per heavy atom. The highest BCUT2D eigenvalue weighted by Crippen LogP contribution is 2.35. The van der Waals surface area contributed by atoms with Crippen LogP contribution in [0.15, 0.2) is 59.5 Å². The Kier molecular flexibility index (Phi) is 4.44. The first kappa shape index (κ1) is 17.1. The number of benzene rings is 2. The third-order valence-electron chi connectivity index (χ3n) is 5.32. The van der Waals surface area contributed by atoms with Gasteiger partial charge in [-0.15, -0.1) is 0 Å². The Labute approximate surface area is 154 Å².